The third kappa shape index (κ3) is 14.8. The van der Waals surface area contributed by atoms with Gasteiger partial charge in [-0.25, -0.2) is 4.79 Å². The van der Waals surface area contributed by atoms with Crippen LogP contribution in [0.1, 0.15) is 29.2 Å². The molecule has 440 valence electrons. The summed E-state index contributed by atoms with van der Waals surface area (Å²) in [4.78, 5) is 10.6. The summed E-state index contributed by atoms with van der Waals surface area (Å²) in [7, 11) is -13.8. The molecule has 0 atom stereocenters. The number of carbonyl (C=O) groups is 1. The van der Waals surface area contributed by atoms with E-state index in [1.165, 1.54) is 65.7 Å². The predicted molar refractivity (Wildman–Crippen MR) is 309 cm³/mol. The highest BCUT2D eigenvalue weighted by atomic mass is 32.2. The number of urea groups is 1. The Balaban J connectivity index is 1.04. The molecule has 27 nitrogen and oxygen atoms in total. The van der Waals surface area contributed by atoms with Crippen molar-refractivity contribution in [1.29, 1.82) is 0 Å². The Kier molecular flexibility index (Phi) is 18.8. The van der Waals surface area contributed by atoms with Gasteiger partial charge in [0.25, 0.3) is 40.5 Å². The van der Waals surface area contributed by atoms with Gasteiger partial charge < -0.3 is 29.6 Å². The lowest BCUT2D eigenvalue weighted by molar-refractivity contribution is 0.262. The van der Waals surface area contributed by atoms with E-state index < -0.39 is 66.1 Å². The number of carbonyl (C=O) groups excluding carboxylic acids is 1. The van der Waals surface area contributed by atoms with E-state index >= 15 is 0 Å². The molecule has 0 aromatic heterocycles. The molecule has 84 heavy (non-hydrogen) atoms. The van der Waals surface area contributed by atoms with Gasteiger partial charge in [0, 0.05) is 34.9 Å². The zero-order valence-corrected chi connectivity index (χ0v) is 49.1. The molecule has 6 N–H and O–H groups in total. The van der Waals surface area contributed by atoms with Gasteiger partial charge in [-0.05, 0) is 128 Å². The zero-order valence-electron chi connectivity index (χ0n) is 45.8. The van der Waals surface area contributed by atoms with Crippen LogP contribution in [0.3, 0.4) is 0 Å². The van der Waals surface area contributed by atoms with E-state index in [0.717, 1.165) is 12.1 Å². The zero-order chi connectivity index (χ0) is 61.6. The van der Waals surface area contributed by atoms with Crippen LogP contribution < -0.4 is 40.0 Å². The molecule has 0 saturated heterocycles. The third-order valence-electron chi connectivity index (χ3n) is 12.4. The normalized spacial score (nSPS) is 13.0. The average Bonchev–Trinajstić information content (AvgIpc) is 3.62. The van der Waals surface area contributed by atoms with Gasteiger partial charge in [0.1, 0.15) is 44.2 Å². The van der Waals surface area contributed by atoms with E-state index in [4.69, 9.17) is 18.9 Å². The Morgan fingerprint density at radius 3 is 1.35 bits per heavy atom. The number of rotatable bonds is 19. The minimum absolute atomic E-state index is 0.0539. The van der Waals surface area contributed by atoms with Gasteiger partial charge in [-0.3, -0.25) is 18.2 Å². The second-order valence-electron chi connectivity index (χ2n) is 18.0. The molecule has 2 amide bonds. The van der Waals surface area contributed by atoms with Crippen molar-refractivity contribution in [3.63, 3.8) is 0 Å². The number of ether oxygens (including phenoxy) is 4. The van der Waals surface area contributed by atoms with Gasteiger partial charge in [0.2, 0.25) is 0 Å². The number of hydrogen-bond donors (Lipinski definition) is 6. The summed E-state index contributed by atoms with van der Waals surface area (Å²) in [5.41, 5.74) is 5.17. The first-order valence-corrected chi connectivity index (χ1v) is 30.0. The summed E-state index contributed by atoms with van der Waals surface area (Å²) in [5.74, 6) is 1.00. The monoisotopic (exact) mass is 1230 g/mol. The number of benzene rings is 7. The SMILES string of the molecule is C/C=c1/cc(S(=O)(=O)O)cc(S(=O)(=O)O)/c1=C/CN=Nc1cc(OC)c(N=Nc2cc(OC)c(NC(=O)Nc3cc(C)c(N=Nc4cc(C)c(N=Nc5ccc6cc(S(=O)(=O)O)cc(S(=O)(=O)O)c6c5)cc4OC)cc3OC)cc2C)cc1C. The number of nitrogens with one attached hydrogen (secondary N) is 2. The highest BCUT2D eigenvalue weighted by Gasteiger charge is 2.23. The molecule has 7 aromatic rings. The first-order valence-electron chi connectivity index (χ1n) is 24.2. The van der Waals surface area contributed by atoms with Crippen molar-refractivity contribution in [1.82, 2.24) is 0 Å². The summed E-state index contributed by atoms with van der Waals surface area (Å²) in [6.07, 6.45) is 2.72. The van der Waals surface area contributed by atoms with Crippen LogP contribution >= 0.6 is 0 Å². The maximum Gasteiger partial charge on any atom is 0.323 e. The fourth-order valence-electron chi connectivity index (χ4n) is 8.13. The highest BCUT2D eigenvalue weighted by molar-refractivity contribution is 7.87. The Bertz CT molecular complexity index is 4560. The topological polar surface area (TPSA) is 394 Å². The molecule has 0 bridgehead atoms. The van der Waals surface area contributed by atoms with Gasteiger partial charge in [-0.1, -0.05) is 18.2 Å². The molecule has 0 aliphatic rings. The van der Waals surface area contributed by atoms with Crippen LogP contribution in [-0.4, -0.2) is 92.9 Å². The van der Waals surface area contributed by atoms with Gasteiger partial charge in [-0.2, -0.15) is 64.4 Å². The summed E-state index contributed by atoms with van der Waals surface area (Å²) in [6, 6.07) is 19.6. The quantitative estimate of drug-likeness (QED) is 0.0323. The smallest absolute Gasteiger partial charge is 0.323 e. The van der Waals surface area contributed by atoms with Crippen molar-refractivity contribution < 1.29 is 75.6 Å². The molecular formula is C53H52N10O17S4. The van der Waals surface area contributed by atoms with Gasteiger partial charge in [-0.15, -0.1) is 10.2 Å². The molecule has 0 aliphatic carbocycles. The number of hydrogen-bond acceptors (Lipinski definition) is 21. The maximum atomic E-state index is 13.5. The van der Waals surface area contributed by atoms with Crippen LogP contribution in [0.2, 0.25) is 0 Å². The predicted octanol–water partition coefficient (Wildman–Crippen LogP) is 11.3. The minimum atomic E-state index is -4.94. The maximum absolute atomic E-state index is 13.5. The van der Waals surface area contributed by atoms with Gasteiger partial charge >= 0.3 is 6.03 Å². The number of anilines is 2. The molecule has 0 heterocycles. The Labute approximate surface area is 481 Å². The number of azo groups is 4. The molecule has 0 unspecified atom stereocenters. The lowest BCUT2D eigenvalue weighted by atomic mass is 10.1. The van der Waals surface area contributed by atoms with E-state index in [-0.39, 0.29) is 56.4 Å². The van der Waals surface area contributed by atoms with E-state index in [9.17, 15) is 56.7 Å². The fourth-order valence-corrected chi connectivity index (χ4v) is 10.8. The first kappa shape index (κ1) is 62.6. The molecule has 0 aliphatic heterocycles. The van der Waals surface area contributed by atoms with Gasteiger partial charge in [0.15, 0.2) is 0 Å². The van der Waals surface area contributed by atoms with Gasteiger partial charge in [0.05, 0.1) is 84.6 Å². The number of methoxy groups -OCH3 is 4. The van der Waals surface area contributed by atoms with E-state index in [0.29, 0.717) is 79.9 Å². The minimum Gasteiger partial charge on any atom is -0.494 e. The molecule has 0 fully saturated rings. The summed E-state index contributed by atoms with van der Waals surface area (Å²) < 4.78 is 157. The van der Waals surface area contributed by atoms with E-state index in [2.05, 4.69) is 51.5 Å². The second-order valence-corrected chi connectivity index (χ2v) is 23.7. The largest absolute Gasteiger partial charge is 0.494 e. The number of amides is 2. The number of nitrogens with zero attached hydrogens (tertiary/aromatic N) is 8. The van der Waals surface area contributed by atoms with Crippen molar-refractivity contribution in [2.75, 3.05) is 45.6 Å². The number of aryl methyl sites for hydroxylation is 4. The van der Waals surface area contributed by atoms with Crippen LogP contribution in [0.4, 0.5) is 56.0 Å². The third-order valence-corrected chi connectivity index (χ3v) is 15.8. The number of fused-ring (bicyclic) bond motifs is 1. The van der Waals surface area contributed by atoms with Crippen molar-refractivity contribution in [3.8, 4) is 23.0 Å². The van der Waals surface area contributed by atoms with Crippen LogP contribution in [0.5, 0.6) is 23.0 Å². The van der Waals surface area contributed by atoms with Crippen LogP contribution in [-0.2, 0) is 40.5 Å². The van der Waals surface area contributed by atoms with Crippen LogP contribution in [0, 0.1) is 27.7 Å². The Hall–Kier alpha value is -8.95. The fraction of sp³-hybridized carbons (Fsp3) is 0.189. The van der Waals surface area contributed by atoms with Crippen LogP contribution in [0.15, 0.2) is 151 Å². The molecule has 0 spiro atoms. The van der Waals surface area contributed by atoms with E-state index in [1.807, 2.05) is 0 Å². The standard InChI is InChI=1S/C53H52N10O17S4/c1-10-32-19-35(81(65,66)67)22-51(83(71,72)73)37(32)13-14-54-58-39-24-49(79-8)45(17-30(39)4)62-60-41-25-47(77-6)43(15-28(41)2)55-53(64)56-44-16-29(3)42(26-48(44)78-7)61-63-46-18-31(5)40(27-50(46)80-9)59-57-34-12-11-33-20-36(82(68,69)70)23-52(38(33)21-34)84(74,75)76/h10-13,15-27H,14H2,1-9H3,(H2,55,56,64)(H,65,66,67)(H,68,69,70)(H,71,72,73)(H,74,75,76)/b32-10-,37-13+,58-54?,59-57?,62-60?,63-61?. The van der Waals surface area contributed by atoms with Crippen molar-refractivity contribution in [3.05, 3.63) is 124 Å². The highest BCUT2D eigenvalue weighted by Crippen LogP contribution is 2.41. The van der Waals surface area contributed by atoms with Crippen molar-refractivity contribution in [2.24, 2.45) is 40.9 Å². The van der Waals surface area contributed by atoms with Crippen molar-refractivity contribution in [2.45, 2.75) is 54.2 Å². The summed E-state index contributed by atoms with van der Waals surface area (Å²) >= 11 is 0. The lowest BCUT2D eigenvalue weighted by Gasteiger charge is -2.15. The molecular weight excluding hydrogens is 1180 g/mol. The first-order chi connectivity index (χ1) is 39.4. The molecule has 0 saturated carbocycles. The van der Waals surface area contributed by atoms with E-state index in [1.54, 1.807) is 76.2 Å². The van der Waals surface area contributed by atoms with Crippen molar-refractivity contribution >= 4 is 121 Å². The average molecular weight is 1230 g/mol. The Morgan fingerprint density at radius 2 is 0.893 bits per heavy atom. The second kappa shape index (κ2) is 25.3. The van der Waals surface area contributed by atoms with Crippen LogP contribution in [0.25, 0.3) is 22.9 Å². The molecule has 7 rings (SSSR count). The lowest BCUT2D eigenvalue weighted by Crippen LogP contribution is -2.31. The molecule has 0 radical (unpaired) electrons. The Morgan fingerprint density at radius 1 is 0.476 bits per heavy atom. The summed E-state index contributed by atoms with van der Waals surface area (Å²) in [6.45, 7) is 8.25. The molecule has 7 aromatic carbocycles. The molecule has 31 heteroatoms. The summed E-state index contributed by atoms with van der Waals surface area (Å²) in [5, 5.41) is 40.2.